The number of hydrogen-bond acceptors (Lipinski definition) is 6. The van der Waals surface area contributed by atoms with Gasteiger partial charge in [0.1, 0.15) is 11.8 Å². The Kier molecular flexibility index (Phi) is 8.80. The van der Waals surface area contributed by atoms with E-state index < -0.39 is 11.0 Å². The molecule has 166 valence electrons. The van der Waals surface area contributed by atoms with Gasteiger partial charge in [0, 0.05) is 25.2 Å². The van der Waals surface area contributed by atoms with Gasteiger partial charge in [-0.05, 0) is 25.0 Å². The van der Waals surface area contributed by atoms with Crippen LogP contribution in [0.25, 0.3) is 0 Å². The molecule has 9 nitrogen and oxygen atoms in total. The monoisotopic (exact) mass is 429 g/mol. The lowest BCUT2D eigenvalue weighted by Gasteiger charge is -2.30. The lowest BCUT2D eigenvalue weighted by Crippen LogP contribution is -2.50. The van der Waals surface area contributed by atoms with E-state index in [2.05, 4.69) is 5.32 Å². The Bertz CT molecular complexity index is 903. The molecular formula is C22H27N3O6. The van der Waals surface area contributed by atoms with Gasteiger partial charge in [-0.3, -0.25) is 19.7 Å². The maximum atomic E-state index is 13.0. The summed E-state index contributed by atoms with van der Waals surface area (Å²) in [6, 6.07) is 12.7. The molecule has 2 aromatic rings. The summed E-state index contributed by atoms with van der Waals surface area (Å²) >= 11 is 0. The zero-order valence-corrected chi connectivity index (χ0v) is 17.9. The van der Waals surface area contributed by atoms with Gasteiger partial charge in [0.05, 0.1) is 12.0 Å². The molecule has 1 atom stereocenters. The highest BCUT2D eigenvalue weighted by molar-refractivity contribution is 5.88. The minimum atomic E-state index is -0.650. The molecule has 0 heterocycles. The van der Waals surface area contributed by atoms with Crippen molar-refractivity contribution in [2.75, 3.05) is 20.3 Å². The normalized spacial score (nSPS) is 11.3. The molecule has 2 rings (SSSR count). The zero-order chi connectivity index (χ0) is 22.8. The van der Waals surface area contributed by atoms with E-state index in [-0.39, 0.29) is 42.2 Å². The fourth-order valence-corrected chi connectivity index (χ4v) is 3.12. The number of nitro benzene ring substituents is 1. The highest BCUT2D eigenvalue weighted by atomic mass is 16.6. The quantitative estimate of drug-likeness (QED) is 0.434. The first-order valence-electron chi connectivity index (χ1n) is 9.97. The van der Waals surface area contributed by atoms with Crippen LogP contribution in [-0.4, -0.2) is 47.9 Å². The summed E-state index contributed by atoms with van der Waals surface area (Å²) < 4.78 is 10.6. The third-order valence-corrected chi connectivity index (χ3v) is 4.64. The van der Waals surface area contributed by atoms with Crippen LogP contribution in [-0.2, 0) is 16.1 Å². The number of nitrogens with one attached hydrogen (secondary N) is 1. The van der Waals surface area contributed by atoms with Crippen molar-refractivity contribution >= 4 is 17.5 Å². The summed E-state index contributed by atoms with van der Waals surface area (Å²) in [7, 11) is 1.32. The van der Waals surface area contributed by atoms with Gasteiger partial charge in [-0.15, -0.1) is 0 Å². The van der Waals surface area contributed by atoms with Gasteiger partial charge in [-0.25, -0.2) is 0 Å². The molecule has 0 fully saturated rings. The highest BCUT2D eigenvalue weighted by Crippen LogP contribution is 2.30. The van der Waals surface area contributed by atoms with Gasteiger partial charge < -0.3 is 19.7 Å². The number of ether oxygens (including phenoxy) is 2. The predicted octanol–water partition coefficient (Wildman–Crippen LogP) is 2.93. The maximum absolute atomic E-state index is 13.0. The highest BCUT2D eigenvalue weighted by Gasteiger charge is 2.28. The van der Waals surface area contributed by atoms with Crippen molar-refractivity contribution in [1.82, 2.24) is 10.2 Å². The van der Waals surface area contributed by atoms with E-state index in [9.17, 15) is 19.7 Å². The Labute approximate surface area is 181 Å². The van der Waals surface area contributed by atoms with Crippen molar-refractivity contribution in [3.05, 3.63) is 64.2 Å². The molecule has 1 N–H and O–H groups in total. The second-order valence-electron chi connectivity index (χ2n) is 6.71. The number of nitro groups is 1. The molecule has 2 amide bonds. The van der Waals surface area contributed by atoms with E-state index in [1.807, 2.05) is 44.2 Å². The fraction of sp³-hybridized carbons (Fsp3) is 0.364. The van der Waals surface area contributed by atoms with Gasteiger partial charge in [0.25, 0.3) is 5.91 Å². The van der Waals surface area contributed by atoms with Crippen LogP contribution in [0.5, 0.6) is 11.5 Å². The minimum Gasteiger partial charge on any atom is -0.490 e. The van der Waals surface area contributed by atoms with Gasteiger partial charge in [0.2, 0.25) is 11.7 Å². The standard InChI is InChI=1S/C22H27N3O6/c1-4-18(22(27)23-5-2)24(14-16-9-7-6-8-10-16)21(26)15-31-17-11-12-19(25(28)29)20(13-17)30-3/h6-13,18H,4-5,14-15H2,1-3H3,(H,23,27)/t18-/m1/s1. The molecular weight excluding hydrogens is 402 g/mol. The van der Waals surface area contributed by atoms with Crippen molar-refractivity contribution in [3.8, 4) is 11.5 Å². The van der Waals surface area contributed by atoms with Crippen LogP contribution >= 0.6 is 0 Å². The molecule has 0 aromatic heterocycles. The Morgan fingerprint density at radius 3 is 2.45 bits per heavy atom. The summed E-state index contributed by atoms with van der Waals surface area (Å²) in [6.07, 6.45) is 0.440. The van der Waals surface area contributed by atoms with Crippen LogP contribution in [0.15, 0.2) is 48.5 Å². The second-order valence-corrected chi connectivity index (χ2v) is 6.71. The van der Waals surface area contributed by atoms with E-state index in [1.165, 1.54) is 30.2 Å². The van der Waals surface area contributed by atoms with Crippen LogP contribution in [0.4, 0.5) is 5.69 Å². The number of rotatable bonds is 11. The molecule has 0 aliphatic heterocycles. The Morgan fingerprint density at radius 1 is 1.16 bits per heavy atom. The van der Waals surface area contributed by atoms with Crippen LogP contribution in [0, 0.1) is 10.1 Å². The minimum absolute atomic E-state index is 0.0323. The zero-order valence-electron chi connectivity index (χ0n) is 17.9. The summed E-state index contributed by atoms with van der Waals surface area (Å²) in [4.78, 5) is 37.5. The molecule has 0 aliphatic carbocycles. The largest absolute Gasteiger partial charge is 0.490 e. The number of likely N-dealkylation sites (N-methyl/N-ethyl adjacent to an activating group) is 1. The first-order chi connectivity index (χ1) is 14.9. The molecule has 0 aliphatic rings. The molecule has 9 heteroatoms. The Hall–Kier alpha value is -3.62. The molecule has 2 aromatic carbocycles. The number of amides is 2. The summed E-state index contributed by atoms with van der Waals surface area (Å²) in [6.45, 7) is 4.04. The third kappa shape index (κ3) is 6.43. The topological polar surface area (TPSA) is 111 Å². The smallest absolute Gasteiger partial charge is 0.311 e. The average molecular weight is 429 g/mol. The van der Waals surface area contributed by atoms with Crippen molar-refractivity contribution in [3.63, 3.8) is 0 Å². The number of nitrogens with zero attached hydrogens (tertiary/aromatic N) is 2. The van der Waals surface area contributed by atoms with Gasteiger partial charge in [0.15, 0.2) is 6.61 Å². The Balaban J connectivity index is 2.20. The van der Waals surface area contributed by atoms with Crippen molar-refractivity contribution in [2.24, 2.45) is 0 Å². The maximum Gasteiger partial charge on any atom is 0.311 e. The Morgan fingerprint density at radius 2 is 1.87 bits per heavy atom. The lowest BCUT2D eigenvalue weighted by atomic mass is 10.1. The average Bonchev–Trinajstić information content (AvgIpc) is 2.77. The second kappa shape index (κ2) is 11.5. The third-order valence-electron chi connectivity index (χ3n) is 4.64. The molecule has 0 bridgehead atoms. The molecule has 31 heavy (non-hydrogen) atoms. The number of hydrogen-bond donors (Lipinski definition) is 1. The first-order valence-corrected chi connectivity index (χ1v) is 9.97. The number of benzene rings is 2. The van der Waals surface area contributed by atoms with Crippen LogP contribution in [0.3, 0.4) is 0 Å². The van der Waals surface area contributed by atoms with Crippen LogP contribution in [0.2, 0.25) is 0 Å². The first kappa shape index (κ1) is 23.7. The van der Waals surface area contributed by atoms with E-state index >= 15 is 0 Å². The molecule has 0 radical (unpaired) electrons. The molecule has 0 unspecified atom stereocenters. The van der Waals surface area contributed by atoms with Crippen molar-refractivity contribution in [1.29, 1.82) is 0 Å². The lowest BCUT2D eigenvalue weighted by molar-refractivity contribution is -0.385. The fourth-order valence-electron chi connectivity index (χ4n) is 3.12. The van der Waals surface area contributed by atoms with Crippen molar-refractivity contribution in [2.45, 2.75) is 32.9 Å². The number of carbonyl (C=O) groups is 2. The summed E-state index contributed by atoms with van der Waals surface area (Å²) in [5.74, 6) is -0.322. The van der Waals surface area contributed by atoms with E-state index in [0.29, 0.717) is 13.0 Å². The van der Waals surface area contributed by atoms with Gasteiger partial charge >= 0.3 is 5.69 Å². The van der Waals surface area contributed by atoms with Gasteiger partial charge in [-0.2, -0.15) is 0 Å². The SMILES string of the molecule is CCNC(=O)[C@@H](CC)N(Cc1ccccc1)C(=O)COc1ccc([N+](=O)[O-])c(OC)c1. The van der Waals surface area contributed by atoms with E-state index in [0.717, 1.165) is 5.56 Å². The number of carbonyl (C=O) groups excluding carboxylic acids is 2. The molecule has 0 saturated heterocycles. The summed E-state index contributed by atoms with van der Waals surface area (Å²) in [5.41, 5.74) is 0.685. The van der Waals surface area contributed by atoms with Gasteiger partial charge in [-0.1, -0.05) is 37.3 Å². The van der Waals surface area contributed by atoms with Crippen LogP contribution in [0.1, 0.15) is 25.8 Å². The predicted molar refractivity (Wildman–Crippen MR) is 115 cm³/mol. The van der Waals surface area contributed by atoms with E-state index in [4.69, 9.17) is 9.47 Å². The molecule has 0 spiro atoms. The molecule has 0 saturated carbocycles. The summed E-state index contributed by atoms with van der Waals surface area (Å²) in [5, 5.41) is 13.8. The van der Waals surface area contributed by atoms with Crippen LogP contribution < -0.4 is 14.8 Å². The number of methoxy groups -OCH3 is 1. The van der Waals surface area contributed by atoms with E-state index in [1.54, 1.807) is 0 Å². The van der Waals surface area contributed by atoms with Crippen molar-refractivity contribution < 1.29 is 24.0 Å².